The topological polar surface area (TPSA) is 50.2 Å². The van der Waals surface area contributed by atoms with Gasteiger partial charge in [-0.15, -0.1) is 11.8 Å². The molecule has 3 nitrogen and oxygen atoms in total. The van der Waals surface area contributed by atoms with Gasteiger partial charge in [0.25, 0.3) is 0 Å². The summed E-state index contributed by atoms with van der Waals surface area (Å²) < 4.78 is 0. The number of carboxylic acid groups (broad SMARTS) is 1. The summed E-state index contributed by atoms with van der Waals surface area (Å²) in [5, 5.41) is 8.88. The van der Waals surface area contributed by atoms with Gasteiger partial charge in [0.2, 0.25) is 0 Å². The van der Waals surface area contributed by atoms with Gasteiger partial charge in [-0.25, -0.2) is 9.78 Å². The number of thioether (sulfide) groups is 1. The molecule has 1 unspecified atom stereocenters. The van der Waals surface area contributed by atoms with Crippen LogP contribution in [0.4, 0.5) is 0 Å². The molecule has 1 rings (SSSR count). The smallest absolute Gasteiger partial charge is 0.354 e. The Hall–Kier alpha value is -1.03. The van der Waals surface area contributed by atoms with Crippen LogP contribution in [-0.4, -0.2) is 21.8 Å². The number of aromatic nitrogens is 1. The maximum atomic E-state index is 10.8. The molecule has 4 heteroatoms. The maximum absolute atomic E-state index is 10.8. The highest BCUT2D eigenvalue weighted by Gasteiger charge is 2.09. The summed E-state index contributed by atoms with van der Waals surface area (Å²) in [4.78, 5) is 15.6. The molecule has 1 N–H and O–H groups in total. The summed E-state index contributed by atoms with van der Waals surface area (Å²) >= 11 is 1.73. The van der Waals surface area contributed by atoms with Crippen molar-refractivity contribution in [1.82, 2.24) is 4.98 Å². The SMILES string of the molecule is CCCCC(CC)CSc1ccnc(C(=O)O)c1. The molecule has 0 bridgehead atoms. The van der Waals surface area contributed by atoms with E-state index in [2.05, 4.69) is 18.8 Å². The number of hydrogen-bond donors (Lipinski definition) is 1. The second-order valence-corrected chi connectivity index (χ2v) is 5.50. The molecule has 18 heavy (non-hydrogen) atoms. The molecular formula is C14H21NO2S. The standard InChI is InChI=1S/C14H21NO2S/c1-3-5-6-11(4-2)10-18-12-7-8-15-13(9-12)14(16)17/h7-9,11H,3-6,10H2,1-2H3,(H,16,17). The molecule has 0 radical (unpaired) electrons. The van der Waals surface area contributed by atoms with Crippen molar-refractivity contribution in [1.29, 1.82) is 0 Å². The van der Waals surface area contributed by atoms with E-state index in [0.29, 0.717) is 0 Å². The molecule has 1 heterocycles. The summed E-state index contributed by atoms with van der Waals surface area (Å²) in [6.45, 7) is 4.43. The average molecular weight is 267 g/mol. The lowest BCUT2D eigenvalue weighted by molar-refractivity contribution is 0.0690. The molecule has 0 saturated carbocycles. The van der Waals surface area contributed by atoms with Crippen molar-refractivity contribution in [2.75, 3.05) is 5.75 Å². The number of rotatable bonds is 8. The minimum atomic E-state index is -0.963. The lowest BCUT2D eigenvalue weighted by Crippen LogP contribution is -2.03. The summed E-state index contributed by atoms with van der Waals surface area (Å²) in [6, 6.07) is 3.53. The number of unbranched alkanes of at least 4 members (excludes halogenated alkanes) is 1. The van der Waals surface area contributed by atoms with Crippen molar-refractivity contribution in [3.8, 4) is 0 Å². The molecule has 0 saturated heterocycles. The van der Waals surface area contributed by atoms with E-state index >= 15 is 0 Å². The fraction of sp³-hybridized carbons (Fsp3) is 0.571. The van der Waals surface area contributed by atoms with Crippen LogP contribution in [0, 0.1) is 5.92 Å². The van der Waals surface area contributed by atoms with Crippen LogP contribution in [0.1, 0.15) is 50.0 Å². The van der Waals surface area contributed by atoms with Gasteiger partial charge in [0.1, 0.15) is 5.69 Å². The normalized spacial score (nSPS) is 12.3. The Labute approximate surface area is 113 Å². The highest BCUT2D eigenvalue weighted by Crippen LogP contribution is 2.25. The van der Waals surface area contributed by atoms with Crippen LogP contribution in [0.15, 0.2) is 23.2 Å². The largest absolute Gasteiger partial charge is 0.477 e. The third kappa shape index (κ3) is 5.08. The Morgan fingerprint density at radius 3 is 2.89 bits per heavy atom. The van der Waals surface area contributed by atoms with Crippen LogP contribution in [0.2, 0.25) is 0 Å². The minimum Gasteiger partial charge on any atom is -0.477 e. The van der Waals surface area contributed by atoms with Crippen molar-refractivity contribution >= 4 is 17.7 Å². The number of nitrogens with zero attached hydrogens (tertiary/aromatic N) is 1. The quantitative estimate of drug-likeness (QED) is 0.721. The van der Waals surface area contributed by atoms with Gasteiger partial charge in [0, 0.05) is 16.8 Å². The van der Waals surface area contributed by atoms with Crippen molar-refractivity contribution in [3.05, 3.63) is 24.0 Å². The third-order valence-electron chi connectivity index (χ3n) is 2.98. The van der Waals surface area contributed by atoms with E-state index < -0.39 is 5.97 Å². The molecule has 0 aliphatic heterocycles. The number of hydrogen-bond acceptors (Lipinski definition) is 3. The van der Waals surface area contributed by atoms with Crippen LogP contribution < -0.4 is 0 Å². The molecular weight excluding hydrogens is 246 g/mol. The Kier molecular flexibility index (Phi) is 6.80. The molecule has 0 aromatic carbocycles. The van der Waals surface area contributed by atoms with Crippen LogP contribution in [0.3, 0.4) is 0 Å². The van der Waals surface area contributed by atoms with Gasteiger partial charge in [-0.05, 0) is 24.5 Å². The van der Waals surface area contributed by atoms with Gasteiger partial charge >= 0.3 is 5.97 Å². The summed E-state index contributed by atoms with van der Waals surface area (Å²) in [5.41, 5.74) is 0.126. The first-order chi connectivity index (χ1) is 8.67. The molecule has 1 aromatic rings. The molecule has 0 aliphatic carbocycles. The second kappa shape index (κ2) is 8.14. The zero-order chi connectivity index (χ0) is 13.4. The van der Waals surface area contributed by atoms with E-state index in [0.717, 1.165) is 16.6 Å². The predicted octanol–water partition coefficient (Wildman–Crippen LogP) is 4.09. The Morgan fingerprint density at radius 1 is 1.50 bits per heavy atom. The van der Waals surface area contributed by atoms with E-state index in [1.165, 1.54) is 25.7 Å². The lowest BCUT2D eigenvalue weighted by atomic mass is 10.0. The van der Waals surface area contributed by atoms with Gasteiger partial charge in [-0.1, -0.05) is 33.1 Å². The molecule has 100 valence electrons. The summed E-state index contributed by atoms with van der Waals surface area (Å²) in [5.74, 6) is 0.811. The van der Waals surface area contributed by atoms with Gasteiger partial charge < -0.3 is 5.11 Å². The monoisotopic (exact) mass is 267 g/mol. The maximum Gasteiger partial charge on any atom is 0.354 e. The van der Waals surface area contributed by atoms with Crippen LogP contribution in [0.25, 0.3) is 0 Å². The highest BCUT2D eigenvalue weighted by atomic mass is 32.2. The number of carbonyl (C=O) groups is 1. The van der Waals surface area contributed by atoms with E-state index in [-0.39, 0.29) is 5.69 Å². The lowest BCUT2D eigenvalue weighted by Gasteiger charge is -2.13. The molecule has 0 aliphatic rings. The first-order valence-electron chi connectivity index (χ1n) is 6.49. The van der Waals surface area contributed by atoms with E-state index in [9.17, 15) is 4.79 Å². The second-order valence-electron chi connectivity index (χ2n) is 4.41. The molecule has 0 spiro atoms. The molecule has 0 fully saturated rings. The van der Waals surface area contributed by atoms with E-state index in [4.69, 9.17) is 5.11 Å². The summed E-state index contributed by atoms with van der Waals surface area (Å²) in [7, 11) is 0. The zero-order valence-corrected chi connectivity index (χ0v) is 11.9. The average Bonchev–Trinajstić information content (AvgIpc) is 2.39. The molecule has 1 atom stereocenters. The fourth-order valence-corrected chi connectivity index (χ4v) is 2.91. The molecule has 1 aromatic heterocycles. The Bertz CT molecular complexity index is 382. The van der Waals surface area contributed by atoms with Crippen LogP contribution in [0.5, 0.6) is 0 Å². The van der Waals surface area contributed by atoms with Crippen molar-refractivity contribution in [2.24, 2.45) is 5.92 Å². The zero-order valence-electron chi connectivity index (χ0n) is 11.1. The number of aromatic carboxylic acids is 1. The van der Waals surface area contributed by atoms with Crippen LogP contribution >= 0.6 is 11.8 Å². The number of carboxylic acids is 1. The Balaban J connectivity index is 2.51. The van der Waals surface area contributed by atoms with Gasteiger partial charge in [-0.2, -0.15) is 0 Å². The van der Waals surface area contributed by atoms with Crippen molar-refractivity contribution in [2.45, 2.75) is 44.4 Å². The fourth-order valence-electron chi connectivity index (χ4n) is 1.73. The van der Waals surface area contributed by atoms with Crippen molar-refractivity contribution < 1.29 is 9.90 Å². The predicted molar refractivity (Wildman–Crippen MR) is 75.2 cm³/mol. The first-order valence-corrected chi connectivity index (χ1v) is 7.48. The van der Waals surface area contributed by atoms with Gasteiger partial charge in [-0.3, -0.25) is 0 Å². The highest BCUT2D eigenvalue weighted by molar-refractivity contribution is 7.99. The van der Waals surface area contributed by atoms with E-state index in [1.807, 2.05) is 6.07 Å². The molecule has 0 amide bonds. The van der Waals surface area contributed by atoms with Gasteiger partial charge in [0.15, 0.2) is 0 Å². The van der Waals surface area contributed by atoms with Gasteiger partial charge in [0.05, 0.1) is 0 Å². The summed E-state index contributed by atoms with van der Waals surface area (Å²) in [6.07, 6.45) is 6.52. The Morgan fingerprint density at radius 2 is 2.28 bits per heavy atom. The minimum absolute atomic E-state index is 0.126. The van der Waals surface area contributed by atoms with E-state index in [1.54, 1.807) is 24.0 Å². The van der Waals surface area contributed by atoms with Crippen LogP contribution in [-0.2, 0) is 0 Å². The third-order valence-corrected chi connectivity index (χ3v) is 4.20. The first kappa shape index (κ1) is 15.0. The van der Waals surface area contributed by atoms with Crippen molar-refractivity contribution in [3.63, 3.8) is 0 Å². The number of pyridine rings is 1.